The molecule has 32 heavy (non-hydrogen) atoms. The maximum absolute atomic E-state index is 13.4. The van der Waals surface area contributed by atoms with Crippen molar-refractivity contribution >= 4 is 5.91 Å². The molecule has 7 nitrogen and oxygen atoms in total. The first-order valence-electron chi connectivity index (χ1n) is 10.9. The summed E-state index contributed by atoms with van der Waals surface area (Å²) in [5.74, 6) is 0.808. The monoisotopic (exact) mass is 427 g/mol. The highest BCUT2D eigenvalue weighted by atomic mass is 16.5. The molecule has 1 atom stereocenters. The lowest BCUT2D eigenvalue weighted by Gasteiger charge is -2.26. The molecule has 1 aliphatic heterocycles. The number of aryl methyl sites for hydroxylation is 1. The summed E-state index contributed by atoms with van der Waals surface area (Å²) in [5, 5.41) is 7.55. The summed E-state index contributed by atoms with van der Waals surface area (Å²) in [6, 6.07) is 17.8. The maximum Gasteiger partial charge on any atom is 0.273 e. The van der Waals surface area contributed by atoms with Gasteiger partial charge in [-0.25, -0.2) is 4.98 Å². The highest BCUT2D eigenvalue weighted by molar-refractivity contribution is 6.00. The molecule has 0 spiro atoms. The zero-order chi connectivity index (χ0) is 21.9. The van der Waals surface area contributed by atoms with E-state index in [2.05, 4.69) is 15.2 Å². The van der Waals surface area contributed by atoms with Crippen molar-refractivity contribution in [1.82, 2.24) is 24.6 Å². The van der Waals surface area contributed by atoms with Gasteiger partial charge in [0.15, 0.2) is 0 Å². The molecule has 0 aliphatic carbocycles. The Hall–Kier alpha value is -3.87. The van der Waals surface area contributed by atoms with Crippen LogP contribution in [-0.4, -0.2) is 43.7 Å². The predicted molar refractivity (Wildman–Crippen MR) is 121 cm³/mol. The molecule has 1 unspecified atom stereocenters. The van der Waals surface area contributed by atoms with E-state index < -0.39 is 0 Å². The van der Waals surface area contributed by atoms with Crippen molar-refractivity contribution in [3.63, 3.8) is 0 Å². The maximum atomic E-state index is 13.4. The molecule has 7 heteroatoms. The summed E-state index contributed by atoms with van der Waals surface area (Å²) in [4.78, 5) is 19.4. The molecule has 0 fully saturated rings. The lowest BCUT2D eigenvalue weighted by molar-refractivity contribution is 0.0739. The van der Waals surface area contributed by atoms with Gasteiger partial charge < -0.3 is 14.2 Å². The molecular formula is C25H25N5O2. The van der Waals surface area contributed by atoms with Crippen LogP contribution in [-0.2, 0) is 6.54 Å². The number of amides is 1. The lowest BCUT2D eigenvalue weighted by atomic mass is 9.96. The van der Waals surface area contributed by atoms with Crippen LogP contribution in [0.5, 0.6) is 5.75 Å². The Labute approximate surface area is 186 Å². The third-order valence-electron chi connectivity index (χ3n) is 5.79. The zero-order valence-electron chi connectivity index (χ0n) is 17.9. The highest BCUT2D eigenvalue weighted by Gasteiger charge is 2.41. The second kappa shape index (κ2) is 8.70. The molecule has 0 saturated heterocycles. The van der Waals surface area contributed by atoms with Gasteiger partial charge in [-0.2, -0.15) is 5.10 Å². The number of ether oxygens (including phenoxy) is 1. The van der Waals surface area contributed by atoms with Crippen molar-refractivity contribution in [3.8, 4) is 17.0 Å². The Morgan fingerprint density at radius 1 is 1.06 bits per heavy atom. The summed E-state index contributed by atoms with van der Waals surface area (Å²) in [6.07, 6.45) is 6.34. The minimum absolute atomic E-state index is 0.0146. The van der Waals surface area contributed by atoms with E-state index in [0.717, 1.165) is 41.1 Å². The van der Waals surface area contributed by atoms with E-state index in [1.165, 1.54) is 0 Å². The minimum atomic E-state index is -0.204. The number of benzene rings is 2. The van der Waals surface area contributed by atoms with E-state index in [9.17, 15) is 4.79 Å². The van der Waals surface area contributed by atoms with E-state index in [1.54, 1.807) is 12.5 Å². The smallest absolute Gasteiger partial charge is 0.273 e. The van der Waals surface area contributed by atoms with Gasteiger partial charge in [-0.3, -0.25) is 9.89 Å². The number of hydrogen-bond acceptors (Lipinski definition) is 4. The third-order valence-corrected chi connectivity index (χ3v) is 5.79. The zero-order valence-corrected chi connectivity index (χ0v) is 17.9. The van der Waals surface area contributed by atoms with Gasteiger partial charge in [0.1, 0.15) is 11.4 Å². The molecular weight excluding hydrogens is 402 g/mol. The molecule has 2 aromatic heterocycles. The summed E-state index contributed by atoms with van der Waals surface area (Å²) >= 11 is 0. The summed E-state index contributed by atoms with van der Waals surface area (Å²) in [5.41, 5.74) is 4.37. The Bertz CT molecular complexity index is 1180. The largest absolute Gasteiger partial charge is 0.494 e. The Morgan fingerprint density at radius 2 is 1.88 bits per heavy atom. The normalized spacial score (nSPS) is 15.2. The minimum Gasteiger partial charge on any atom is -0.494 e. The number of nitrogens with zero attached hydrogens (tertiary/aromatic N) is 4. The molecule has 1 aliphatic rings. The van der Waals surface area contributed by atoms with Gasteiger partial charge >= 0.3 is 0 Å². The van der Waals surface area contributed by atoms with Gasteiger partial charge in [0.25, 0.3) is 5.91 Å². The fraction of sp³-hybridized carbons (Fsp3) is 0.240. The third kappa shape index (κ3) is 3.66. The van der Waals surface area contributed by atoms with E-state index in [4.69, 9.17) is 4.74 Å². The van der Waals surface area contributed by atoms with Crippen molar-refractivity contribution < 1.29 is 9.53 Å². The fourth-order valence-electron chi connectivity index (χ4n) is 4.35. The van der Waals surface area contributed by atoms with Crippen LogP contribution in [0.1, 0.15) is 41.0 Å². The van der Waals surface area contributed by atoms with Gasteiger partial charge in [0.05, 0.1) is 24.7 Å². The number of aromatic nitrogens is 4. The van der Waals surface area contributed by atoms with Crippen LogP contribution in [0.15, 0.2) is 73.3 Å². The Morgan fingerprint density at radius 3 is 2.59 bits per heavy atom. The van der Waals surface area contributed by atoms with Gasteiger partial charge in [0, 0.05) is 36.6 Å². The fourth-order valence-corrected chi connectivity index (χ4v) is 4.35. The molecule has 0 bridgehead atoms. The number of nitrogens with one attached hydrogen (secondary N) is 1. The van der Waals surface area contributed by atoms with E-state index >= 15 is 0 Å². The van der Waals surface area contributed by atoms with Crippen LogP contribution in [0.3, 0.4) is 0 Å². The summed E-state index contributed by atoms with van der Waals surface area (Å²) < 4.78 is 7.65. The number of carbonyl (C=O) groups is 1. The number of imidazole rings is 1. The van der Waals surface area contributed by atoms with E-state index in [1.807, 2.05) is 77.2 Å². The Balaban J connectivity index is 1.51. The molecule has 1 N–H and O–H groups in total. The second-order valence-corrected chi connectivity index (χ2v) is 7.78. The van der Waals surface area contributed by atoms with Crippen LogP contribution >= 0.6 is 0 Å². The van der Waals surface area contributed by atoms with Crippen LogP contribution in [0.4, 0.5) is 0 Å². The SMILES string of the molecule is CCOc1ccc(C2c3c(-c4ccccc4)n[nH]c3C(=O)N2CCCn2ccnc2)cc1. The first kappa shape index (κ1) is 20.1. The average molecular weight is 428 g/mol. The van der Waals surface area contributed by atoms with Gasteiger partial charge in [0.2, 0.25) is 0 Å². The Kier molecular flexibility index (Phi) is 5.46. The van der Waals surface area contributed by atoms with E-state index in [-0.39, 0.29) is 11.9 Å². The van der Waals surface area contributed by atoms with E-state index in [0.29, 0.717) is 18.8 Å². The predicted octanol–water partition coefficient (Wildman–Crippen LogP) is 4.31. The van der Waals surface area contributed by atoms with Gasteiger partial charge in [-0.15, -0.1) is 0 Å². The van der Waals surface area contributed by atoms with Crippen molar-refractivity contribution in [2.45, 2.75) is 25.9 Å². The van der Waals surface area contributed by atoms with Crippen molar-refractivity contribution in [2.75, 3.05) is 13.2 Å². The molecule has 2 aromatic carbocycles. The number of hydrogen-bond donors (Lipinski definition) is 1. The standard InChI is InChI=1S/C25H25N5O2/c1-2-32-20-11-9-19(10-12-20)24-21-22(18-7-4-3-5-8-18)27-28-23(21)25(31)30(24)15-6-14-29-16-13-26-17-29/h3-5,7-13,16-17,24H,2,6,14-15H2,1H3,(H,27,28). The van der Waals surface area contributed by atoms with Gasteiger partial charge in [-0.05, 0) is 31.0 Å². The molecule has 0 radical (unpaired) electrons. The number of carbonyl (C=O) groups excluding carboxylic acids is 1. The first-order valence-corrected chi connectivity index (χ1v) is 10.9. The average Bonchev–Trinajstić information content (AvgIpc) is 3.55. The lowest BCUT2D eigenvalue weighted by Crippen LogP contribution is -2.31. The van der Waals surface area contributed by atoms with Crippen LogP contribution in [0.2, 0.25) is 0 Å². The quantitative estimate of drug-likeness (QED) is 0.455. The highest BCUT2D eigenvalue weighted by Crippen LogP contribution is 2.43. The van der Waals surface area contributed by atoms with Crippen LogP contribution in [0.25, 0.3) is 11.3 Å². The molecule has 3 heterocycles. The number of aromatic amines is 1. The second-order valence-electron chi connectivity index (χ2n) is 7.78. The van der Waals surface area contributed by atoms with Crippen molar-refractivity contribution in [3.05, 3.63) is 90.1 Å². The number of rotatable bonds is 8. The first-order chi connectivity index (χ1) is 15.8. The molecule has 0 saturated carbocycles. The van der Waals surface area contributed by atoms with Crippen LogP contribution in [0, 0.1) is 0 Å². The van der Waals surface area contributed by atoms with Crippen LogP contribution < -0.4 is 4.74 Å². The number of fused-ring (bicyclic) bond motifs is 1. The molecule has 162 valence electrons. The number of H-pyrrole nitrogens is 1. The topological polar surface area (TPSA) is 76.0 Å². The molecule has 4 aromatic rings. The van der Waals surface area contributed by atoms with Crippen molar-refractivity contribution in [2.24, 2.45) is 0 Å². The van der Waals surface area contributed by atoms with Crippen molar-refractivity contribution in [1.29, 1.82) is 0 Å². The summed E-state index contributed by atoms with van der Waals surface area (Å²) in [7, 11) is 0. The molecule has 5 rings (SSSR count). The summed E-state index contributed by atoms with van der Waals surface area (Å²) in [6.45, 7) is 4.02. The van der Waals surface area contributed by atoms with Gasteiger partial charge in [-0.1, -0.05) is 42.5 Å². The molecule has 1 amide bonds.